The molecule has 0 saturated carbocycles. The molecule has 1 aliphatic rings. The number of ether oxygens (including phenoxy) is 1. The van der Waals surface area contributed by atoms with Crippen LogP contribution >= 0.6 is 0 Å². The van der Waals surface area contributed by atoms with Crippen LogP contribution in [0.1, 0.15) is 33.6 Å². The number of piperidine rings is 1. The first-order chi connectivity index (χ1) is 7.06. The number of carbonyl (C=O) groups is 2. The summed E-state index contributed by atoms with van der Waals surface area (Å²) in [7, 11) is 0. The lowest BCUT2D eigenvalue weighted by molar-refractivity contribution is -0.151. The highest BCUT2D eigenvalue weighted by Gasteiger charge is 2.31. The third-order valence-electron chi connectivity index (χ3n) is 2.86. The van der Waals surface area contributed by atoms with Gasteiger partial charge in [-0.15, -0.1) is 0 Å². The van der Waals surface area contributed by atoms with E-state index in [1.54, 1.807) is 6.92 Å². The van der Waals surface area contributed by atoms with Crippen molar-refractivity contribution in [1.29, 1.82) is 0 Å². The Morgan fingerprint density at radius 1 is 1.67 bits per heavy atom. The Bertz CT molecular complexity index is 252. The Hall–Kier alpha value is -0.900. The molecular weight excluding hydrogens is 194 g/mol. The maximum absolute atomic E-state index is 11.5. The van der Waals surface area contributed by atoms with Gasteiger partial charge in [0.1, 0.15) is 11.8 Å². The first-order valence-corrected chi connectivity index (χ1v) is 5.50. The van der Waals surface area contributed by atoms with Crippen molar-refractivity contribution < 1.29 is 14.3 Å². The lowest BCUT2D eigenvalue weighted by atomic mass is 10.0. The summed E-state index contributed by atoms with van der Waals surface area (Å²) >= 11 is 0. The summed E-state index contributed by atoms with van der Waals surface area (Å²) in [6.07, 6.45) is 1.10. The molecule has 0 radical (unpaired) electrons. The number of rotatable bonds is 3. The fourth-order valence-corrected chi connectivity index (χ4v) is 2.00. The standard InChI is InChI=1S/C11H19NO3/c1-4-15-11(14)9(3)12-6-5-10(13)7-8(12)2/h8-9H,4-7H2,1-3H3. The Balaban J connectivity index is 2.55. The van der Waals surface area contributed by atoms with Gasteiger partial charge in [0.15, 0.2) is 0 Å². The van der Waals surface area contributed by atoms with Crippen LogP contribution < -0.4 is 0 Å². The highest BCUT2D eigenvalue weighted by atomic mass is 16.5. The molecule has 2 unspecified atom stereocenters. The van der Waals surface area contributed by atoms with Gasteiger partial charge in [-0.05, 0) is 20.8 Å². The van der Waals surface area contributed by atoms with Crippen molar-refractivity contribution in [2.45, 2.75) is 45.7 Å². The van der Waals surface area contributed by atoms with Crippen LogP contribution in [0, 0.1) is 0 Å². The minimum atomic E-state index is -0.243. The molecule has 0 aromatic carbocycles. The smallest absolute Gasteiger partial charge is 0.323 e. The van der Waals surface area contributed by atoms with Gasteiger partial charge in [0.05, 0.1) is 6.61 Å². The Labute approximate surface area is 90.6 Å². The molecule has 1 aliphatic heterocycles. The molecule has 1 rings (SSSR count). The average molecular weight is 213 g/mol. The van der Waals surface area contributed by atoms with Crippen molar-refractivity contribution in [2.75, 3.05) is 13.2 Å². The first kappa shape index (κ1) is 12.2. The molecule has 0 aromatic heterocycles. The van der Waals surface area contributed by atoms with Crippen LogP contribution in [0.15, 0.2) is 0 Å². The molecule has 4 nitrogen and oxygen atoms in total. The zero-order valence-electron chi connectivity index (χ0n) is 9.66. The fourth-order valence-electron chi connectivity index (χ4n) is 2.00. The molecule has 4 heteroatoms. The summed E-state index contributed by atoms with van der Waals surface area (Å²) in [5, 5.41) is 0. The van der Waals surface area contributed by atoms with Gasteiger partial charge in [-0.3, -0.25) is 14.5 Å². The molecular formula is C11H19NO3. The number of esters is 1. The fraction of sp³-hybridized carbons (Fsp3) is 0.818. The van der Waals surface area contributed by atoms with Gasteiger partial charge in [-0.25, -0.2) is 0 Å². The third kappa shape index (κ3) is 3.02. The van der Waals surface area contributed by atoms with Crippen molar-refractivity contribution in [3.63, 3.8) is 0 Å². The van der Waals surface area contributed by atoms with Gasteiger partial charge in [0.25, 0.3) is 0 Å². The van der Waals surface area contributed by atoms with Gasteiger partial charge in [0, 0.05) is 25.4 Å². The molecule has 86 valence electrons. The largest absolute Gasteiger partial charge is 0.465 e. The average Bonchev–Trinajstić information content (AvgIpc) is 2.17. The minimum absolute atomic E-state index is 0.144. The van der Waals surface area contributed by atoms with Crippen LogP contribution in [0.5, 0.6) is 0 Å². The Morgan fingerprint density at radius 2 is 2.33 bits per heavy atom. The quantitative estimate of drug-likeness (QED) is 0.656. The number of likely N-dealkylation sites (tertiary alicyclic amines) is 1. The van der Waals surface area contributed by atoms with Crippen LogP contribution in [0.25, 0.3) is 0 Å². The SMILES string of the molecule is CCOC(=O)C(C)N1CCC(=O)CC1C. The Kier molecular flexibility index (Phi) is 4.27. The first-order valence-electron chi connectivity index (χ1n) is 5.50. The van der Waals surface area contributed by atoms with Crippen molar-refractivity contribution in [2.24, 2.45) is 0 Å². The molecule has 0 bridgehead atoms. The molecule has 1 fully saturated rings. The molecule has 0 N–H and O–H groups in total. The summed E-state index contributed by atoms with van der Waals surface area (Å²) in [6.45, 7) is 6.69. The van der Waals surface area contributed by atoms with Gasteiger partial charge >= 0.3 is 5.97 Å². The summed E-state index contributed by atoms with van der Waals surface area (Å²) in [5.41, 5.74) is 0. The van der Waals surface area contributed by atoms with Crippen LogP contribution in [0.3, 0.4) is 0 Å². The zero-order chi connectivity index (χ0) is 11.4. The second-order valence-corrected chi connectivity index (χ2v) is 4.01. The highest BCUT2D eigenvalue weighted by molar-refractivity contribution is 5.81. The van der Waals surface area contributed by atoms with Gasteiger partial charge in [0.2, 0.25) is 0 Å². The zero-order valence-corrected chi connectivity index (χ0v) is 9.66. The van der Waals surface area contributed by atoms with Gasteiger partial charge in [-0.1, -0.05) is 0 Å². The van der Waals surface area contributed by atoms with E-state index < -0.39 is 0 Å². The van der Waals surface area contributed by atoms with E-state index in [2.05, 4.69) is 0 Å². The van der Waals surface area contributed by atoms with Crippen molar-refractivity contribution in [1.82, 2.24) is 4.90 Å². The van der Waals surface area contributed by atoms with E-state index in [0.29, 0.717) is 26.0 Å². The summed E-state index contributed by atoms with van der Waals surface area (Å²) in [5.74, 6) is 0.0912. The van der Waals surface area contributed by atoms with E-state index >= 15 is 0 Å². The predicted octanol–water partition coefficient (Wildman–Crippen LogP) is 0.991. The topological polar surface area (TPSA) is 46.6 Å². The molecule has 1 saturated heterocycles. The lowest BCUT2D eigenvalue weighted by Crippen LogP contribution is -2.49. The van der Waals surface area contributed by atoms with E-state index in [4.69, 9.17) is 4.74 Å². The van der Waals surface area contributed by atoms with Crippen LogP contribution in [-0.4, -0.2) is 41.9 Å². The van der Waals surface area contributed by atoms with E-state index in [1.165, 1.54) is 0 Å². The minimum Gasteiger partial charge on any atom is -0.465 e. The molecule has 15 heavy (non-hydrogen) atoms. The second-order valence-electron chi connectivity index (χ2n) is 4.01. The molecule has 0 spiro atoms. The summed E-state index contributed by atoms with van der Waals surface area (Å²) in [4.78, 5) is 24.8. The number of hydrogen-bond acceptors (Lipinski definition) is 4. The van der Waals surface area contributed by atoms with Crippen molar-refractivity contribution >= 4 is 11.8 Å². The highest BCUT2D eigenvalue weighted by Crippen LogP contribution is 2.17. The second kappa shape index (κ2) is 5.26. The maximum Gasteiger partial charge on any atom is 0.323 e. The number of Topliss-reactive ketones (excluding diaryl/α,β-unsaturated/α-hetero) is 1. The van der Waals surface area contributed by atoms with E-state index in [9.17, 15) is 9.59 Å². The number of ketones is 1. The predicted molar refractivity (Wildman–Crippen MR) is 56.5 cm³/mol. The molecule has 2 atom stereocenters. The summed E-state index contributed by atoms with van der Waals surface area (Å²) in [6, 6.07) is -0.0984. The van der Waals surface area contributed by atoms with E-state index in [-0.39, 0.29) is 23.8 Å². The summed E-state index contributed by atoms with van der Waals surface area (Å²) < 4.78 is 4.97. The molecule has 1 heterocycles. The number of carbonyl (C=O) groups excluding carboxylic acids is 2. The Morgan fingerprint density at radius 3 is 2.87 bits per heavy atom. The maximum atomic E-state index is 11.5. The monoisotopic (exact) mass is 213 g/mol. The third-order valence-corrected chi connectivity index (χ3v) is 2.86. The molecule has 0 amide bonds. The van der Waals surface area contributed by atoms with Crippen molar-refractivity contribution in [3.05, 3.63) is 0 Å². The molecule has 0 aliphatic carbocycles. The molecule has 0 aromatic rings. The van der Waals surface area contributed by atoms with Crippen LogP contribution in [0.2, 0.25) is 0 Å². The van der Waals surface area contributed by atoms with E-state index in [0.717, 1.165) is 0 Å². The lowest BCUT2D eigenvalue weighted by Gasteiger charge is -2.35. The van der Waals surface area contributed by atoms with E-state index in [1.807, 2.05) is 18.7 Å². The van der Waals surface area contributed by atoms with Crippen molar-refractivity contribution in [3.8, 4) is 0 Å². The number of hydrogen-bond donors (Lipinski definition) is 0. The number of nitrogens with zero attached hydrogens (tertiary/aromatic N) is 1. The van der Waals surface area contributed by atoms with Crippen LogP contribution in [-0.2, 0) is 14.3 Å². The van der Waals surface area contributed by atoms with Gasteiger partial charge < -0.3 is 4.74 Å². The van der Waals surface area contributed by atoms with Gasteiger partial charge in [-0.2, -0.15) is 0 Å². The van der Waals surface area contributed by atoms with Crippen LogP contribution in [0.4, 0.5) is 0 Å². The normalized spacial score (nSPS) is 25.0.